The highest BCUT2D eigenvalue weighted by Crippen LogP contribution is 2.26. The first-order chi connectivity index (χ1) is 8.38. The van der Waals surface area contributed by atoms with Crippen molar-refractivity contribution in [1.29, 1.82) is 0 Å². The third-order valence-electron chi connectivity index (χ3n) is 4.55. The van der Waals surface area contributed by atoms with Gasteiger partial charge < -0.3 is 10.1 Å². The van der Waals surface area contributed by atoms with Gasteiger partial charge in [0.25, 0.3) is 0 Å². The second-order valence-electron chi connectivity index (χ2n) is 5.87. The molecule has 2 fully saturated rings. The molecule has 2 saturated carbocycles. The Balaban J connectivity index is 1.52. The molecule has 0 amide bonds. The zero-order chi connectivity index (χ0) is 11.9. The minimum atomic E-state index is 0.576. The quantitative estimate of drug-likeness (QED) is 0.716. The molecule has 0 heterocycles. The first-order valence-electron chi connectivity index (χ1n) is 7.73. The van der Waals surface area contributed by atoms with Crippen molar-refractivity contribution in [3.8, 4) is 0 Å². The first-order valence-corrected chi connectivity index (χ1v) is 7.73. The highest BCUT2D eigenvalue weighted by molar-refractivity contribution is 4.77. The molecule has 2 aliphatic carbocycles. The average Bonchev–Trinajstić information content (AvgIpc) is 2.88. The molecule has 0 saturated heterocycles. The fourth-order valence-corrected chi connectivity index (χ4v) is 3.39. The second kappa shape index (κ2) is 7.38. The minimum Gasteiger partial charge on any atom is -0.377 e. The monoisotopic (exact) mass is 239 g/mol. The smallest absolute Gasteiger partial charge is 0.0594 e. The zero-order valence-corrected chi connectivity index (χ0v) is 11.4. The van der Waals surface area contributed by atoms with Crippen LogP contribution < -0.4 is 5.32 Å². The van der Waals surface area contributed by atoms with E-state index in [0.717, 1.165) is 25.1 Å². The summed E-state index contributed by atoms with van der Waals surface area (Å²) >= 11 is 0. The van der Waals surface area contributed by atoms with Crippen LogP contribution in [0.5, 0.6) is 0 Å². The molecule has 0 aliphatic heterocycles. The minimum absolute atomic E-state index is 0.576. The van der Waals surface area contributed by atoms with E-state index in [1.807, 2.05) is 0 Å². The van der Waals surface area contributed by atoms with E-state index < -0.39 is 0 Å². The van der Waals surface area contributed by atoms with Crippen molar-refractivity contribution < 1.29 is 4.74 Å². The Kier molecular flexibility index (Phi) is 5.79. The Bertz CT molecular complexity index is 201. The van der Waals surface area contributed by atoms with Crippen LogP contribution in [0, 0.1) is 5.92 Å². The molecule has 0 radical (unpaired) electrons. The molecule has 1 N–H and O–H groups in total. The van der Waals surface area contributed by atoms with Crippen LogP contribution >= 0.6 is 0 Å². The van der Waals surface area contributed by atoms with Crippen LogP contribution in [-0.4, -0.2) is 25.3 Å². The van der Waals surface area contributed by atoms with Gasteiger partial charge in [-0.3, -0.25) is 0 Å². The summed E-state index contributed by atoms with van der Waals surface area (Å²) in [5.74, 6) is 0.969. The topological polar surface area (TPSA) is 21.3 Å². The van der Waals surface area contributed by atoms with Gasteiger partial charge in [0.15, 0.2) is 0 Å². The van der Waals surface area contributed by atoms with Crippen LogP contribution in [0.3, 0.4) is 0 Å². The van der Waals surface area contributed by atoms with Crippen LogP contribution in [-0.2, 0) is 4.74 Å². The SMILES string of the molecule is CCC1CCCC(NCCOC2CCCC2)C1. The van der Waals surface area contributed by atoms with E-state index in [1.54, 1.807) is 0 Å². The summed E-state index contributed by atoms with van der Waals surface area (Å²) < 4.78 is 5.88. The van der Waals surface area contributed by atoms with Crippen LogP contribution in [0.15, 0.2) is 0 Å². The zero-order valence-electron chi connectivity index (χ0n) is 11.4. The van der Waals surface area contributed by atoms with Crippen molar-refractivity contribution in [2.24, 2.45) is 5.92 Å². The number of rotatable bonds is 6. The summed E-state index contributed by atoms with van der Waals surface area (Å²) in [5.41, 5.74) is 0. The molecule has 2 heteroatoms. The summed E-state index contributed by atoms with van der Waals surface area (Å²) in [6.07, 6.45) is 12.9. The summed E-state index contributed by atoms with van der Waals surface area (Å²) in [7, 11) is 0. The van der Waals surface area contributed by atoms with E-state index in [4.69, 9.17) is 4.74 Å². The Morgan fingerprint density at radius 3 is 2.65 bits per heavy atom. The van der Waals surface area contributed by atoms with Gasteiger partial charge in [-0.15, -0.1) is 0 Å². The molecule has 2 rings (SSSR count). The molecule has 2 nitrogen and oxygen atoms in total. The lowest BCUT2D eigenvalue weighted by atomic mass is 9.84. The molecule has 0 spiro atoms. The molecule has 0 aromatic heterocycles. The van der Waals surface area contributed by atoms with Crippen LogP contribution in [0.25, 0.3) is 0 Å². The molecule has 100 valence electrons. The predicted molar refractivity (Wildman–Crippen MR) is 72.2 cm³/mol. The largest absolute Gasteiger partial charge is 0.377 e. The summed E-state index contributed by atoms with van der Waals surface area (Å²) in [5, 5.41) is 3.68. The summed E-state index contributed by atoms with van der Waals surface area (Å²) in [4.78, 5) is 0. The molecule has 2 unspecified atom stereocenters. The summed E-state index contributed by atoms with van der Waals surface area (Å²) in [6, 6.07) is 0.765. The van der Waals surface area contributed by atoms with Gasteiger partial charge in [-0.25, -0.2) is 0 Å². The third kappa shape index (κ3) is 4.59. The van der Waals surface area contributed by atoms with Crippen molar-refractivity contribution in [1.82, 2.24) is 5.32 Å². The highest BCUT2D eigenvalue weighted by Gasteiger charge is 2.20. The molecule has 0 bridgehead atoms. The van der Waals surface area contributed by atoms with Gasteiger partial charge in [-0.05, 0) is 31.6 Å². The van der Waals surface area contributed by atoms with Crippen molar-refractivity contribution in [2.75, 3.05) is 13.2 Å². The maximum atomic E-state index is 5.88. The van der Waals surface area contributed by atoms with Gasteiger partial charge in [0, 0.05) is 12.6 Å². The van der Waals surface area contributed by atoms with Gasteiger partial charge in [0.2, 0.25) is 0 Å². The van der Waals surface area contributed by atoms with Gasteiger partial charge >= 0.3 is 0 Å². The lowest BCUT2D eigenvalue weighted by molar-refractivity contribution is 0.0579. The van der Waals surface area contributed by atoms with Crippen LogP contribution in [0.2, 0.25) is 0 Å². The van der Waals surface area contributed by atoms with E-state index in [-0.39, 0.29) is 0 Å². The average molecular weight is 239 g/mol. The van der Waals surface area contributed by atoms with Gasteiger partial charge in [-0.1, -0.05) is 39.0 Å². The van der Waals surface area contributed by atoms with Gasteiger partial charge in [0.1, 0.15) is 0 Å². The molecule has 17 heavy (non-hydrogen) atoms. The number of hydrogen-bond acceptors (Lipinski definition) is 2. The molecular formula is C15H29NO. The van der Waals surface area contributed by atoms with E-state index in [9.17, 15) is 0 Å². The van der Waals surface area contributed by atoms with E-state index in [0.29, 0.717) is 6.10 Å². The van der Waals surface area contributed by atoms with Crippen molar-refractivity contribution in [3.63, 3.8) is 0 Å². The third-order valence-corrected chi connectivity index (χ3v) is 4.55. The molecule has 2 atom stereocenters. The highest BCUT2D eigenvalue weighted by atomic mass is 16.5. The maximum absolute atomic E-state index is 5.88. The van der Waals surface area contributed by atoms with Gasteiger partial charge in [-0.2, -0.15) is 0 Å². The van der Waals surface area contributed by atoms with Crippen molar-refractivity contribution in [2.45, 2.75) is 76.9 Å². The molecular weight excluding hydrogens is 210 g/mol. The Labute approximate surface area is 107 Å². The van der Waals surface area contributed by atoms with Gasteiger partial charge in [0.05, 0.1) is 12.7 Å². The van der Waals surface area contributed by atoms with Crippen molar-refractivity contribution >= 4 is 0 Å². The Morgan fingerprint density at radius 1 is 1.06 bits per heavy atom. The Hall–Kier alpha value is -0.0800. The number of hydrogen-bond donors (Lipinski definition) is 1. The normalized spacial score (nSPS) is 30.9. The van der Waals surface area contributed by atoms with Crippen LogP contribution in [0.4, 0.5) is 0 Å². The van der Waals surface area contributed by atoms with E-state index >= 15 is 0 Å². The van der Waals surface area contributed by atoms with Crippen LogP contribution in [0.1, 0.15) is 64.7 Å². The lowest BCUT2D eigenvalue weighted by Crippen LogP contribution is -2.36. The number of ether oxygens (including phenoxy) is 1. The lowest BCUT2D eigenvalue weighted by Gasteiger charge is -2.29. The standard InChI is InChI=1S/C15H29NO/c1-2-13-6-5-7-14(12-13)16-10-11-17-15-8-3-4-9-15/h13-16H,2-12H2,1H3. The first kappa shape index (κ1) is 13.4. The molecule has 2 aliphatic rings. The van der Waals surface area contributed by atoms with Crippen molar-refractivity contribution in [3.05, 3.63) is 0 Å². The Morgan fingerprint density at radius 2 is 1.88 bits per heavy atom. The second-order valence-corrected chi connectivity index (χ2v) is 5.87. The maximum Gasteiger partial charge on any atom is 0.0594 e. The summed E-state index contributed by atoms with van der Waals surface area (Å²) in [6.45, 7) is 4.30. The molecule has 0 aromatic rings. The predicted octanol–water partition coefficient (Wildman–Crippen LogP) is 3.50. The van der Waals surface area contributed by atoms with E-state index in [2.05, 4.69) is 12.2 Å². The fourth-order valence-electron chi connectivity index (χ4n) is 3.39. The van der Waals surface area contributed by atoms with E-state index in [1.165, 1.54) is 57.8 Å². The molecule has 0 aromatic carbocycles. The number of nitrogens with one attached hydrogen (secondary N) is 1. The fraction of sp³-hybridized carbons (Fsp3) is 1.00.